The van der Waals surface area contributed by atoms with Crippen LogP contribution in [0, 0.1) is 11.8 Å². The van der Waals surface area contributed by atoms with E-state index in [1.165, 1.54) is 32.1 Å². The summed E-state index contributed by atoms with van der Waals surface area (Å²) in [5.74, 6) is 1.19. The average Bonchev–Trinajstić information content (AvgIpc) is 2.35. The van der Waals surface area contributed by atoms with Crippen molar-refractivity contribution in [3.8, 4) is 0 Å². The molecular formula is C14H27NO2. The number of amides is 1. The highest BCUT2D eigenvalue weighted by atomic mass is 16.3. The summed E-state index contributed by atoms with van der Waals surface area (Å²) in [5.41, 5.74) is 0. The highest BCUT2D eigenvalue weighted by Crippen LogP contribution is 2.25. The van der Waals surface area contributed by atoms with Crippen molar-refractivity contribution in [2.75, 3.05) is 13.2 Å². The zero-order valence-electron chi connectivity index (χ0n) is 11.1. The minimum Gasteiger partial charge on any atom is -0.396 e. The number of aliphatic hydroxyl groups is 1. The first kappa shape index (κ1) is 14.5. The van der Waals surface area contributed by atoms with Gasteiger partial charge in [0.05, 0.1) is 0 Å². The second-order valence-electron chi connectivity index (χ2n) is 5.49. The molecular weight excluding hydrogens is 214 g/mol. The van der Waals surface area contributed by atoms with Gasteiger partial charge in [-0.25, -0.2) is 0 Å². The van der Waals surface area contributed by atoms with Gasteiger partial charge in [-0.1, -0.05) is 26.2 Å². The Hall–Kier alpha value is -0.570. The van der Waals surface area contributed by atoms with Crippen LogP contribution < -0.4 is 5.32 Å². The van der Waals surface area contributed by atoms with E-state index in [-0.39, 0.29) is 12.5 Å². The third-order valence-electron chi connectivity index (χ3n) is 3.71. The SMILES string of the molecule is CC(CO)CCCNC(=O)CC1CCCCC1. The third kappa shape index (κ3) is 6.67. The molecule has 3 heteroatoms. The minimum atomic E-state index is 0.216. The lowest BCUT2D eigenvalue weighted by atomic mass is 9.87. The maximum Gasteiger partial charge on any atom is 0.220 e. The van der Waals surface area contributed by atoms with Crippen molar-refractivity contribution >= 4 is 5.91 Å². The second-order valence-corrected chi connectivity index (χ2v) is 5.49. The first-order chi connectivity index (χ1) is 8.22. The molecule has 0 aromatic heterocycles. The average molecular weight is 241 g/mol. The molecule has 1 rings (SSSR count). The Morgan fingerprint density at radius 1 is 1.35 bits per heavy atom. The summed E-state index contributed by atoms with van der Waals surface area (Å²) in [7, 11) is 0. The van der Waals surface area contributed by atoms with Crippen LogP contribution in [0.2, 0.25) is 0 Å². The smallest absolute Gasteiger partial charge is 0.220 e. The number of hydrogen-bond donors (Lipinski definition) is 2. The largest absolute Gasteiger partial charge is 0.396 e. The summed E-state index contributed by atoms with van der Waals surface area (Å²) in [6.07, 6.45) is 9.08. The maximum absolute atomic E-state index is 11.7. The lowest BCUT2D eigenvalue weighted by Crippen LogP contribution is -2.27. The molecule has 3 nitrogen and oxygen atoms in total. The van der Waals surface area contributed by atoms with Crippen molar-refractivity contribution in [1.29, 1.82) is 0 Å². The molecule has 0 spiro atoms. The second kappa shape index (κ2) is 8.51. The van der Waals surface area contributed by atoms with E-state index >= 15 is 0 Å². The molecule has 1 fully saturated rings. The molecule has 0 bridgehead atoms. The normalized spacial score (nSPS) is 18.9. The number of rotatable bonds is 7. The summed E-state index contributed by atoms with van der Waals surface area (Å²) in [6.45, 7) is 3.04. The van der Waals surface area contributed by atoms with E-state index in [2.05, 4.69) is 5.32 Å². The maximum atomic E-state index is 11.7. The van der Waals surface area contributed by atoms with Gasteiger partial charge in [0.25, 0.3) is 0 Å². The molecule has 100 valence electrons. The van der Waals surface area contributed by atoms with Gasteiger partial charge in [0.1, 0.15) is 0 Å². The predicted molar refractivity (Wildman–Crippen MR) is 69.7 cm³/mol. The molecule has 1 aliphatic rings. The number of aliphatic hydroxyl groups excluding tert-OH is 1. The molecule has 0 radical (unpaired) electrons. The van der Waals surface area contributed by atoms with Crippen molar-refractivity contribution in [1.82, 2.24) is 5.32 Å². The zero-order chi connectivity index (χ0) is 12.5. The molecule has 0 aromatic carbocycles. The van der Waals surface area contributed by atoms with Crippen molar-refractivity contribution in [2.45, 2.75) is 58.3 Å². The Bertz CT molecular complexity index is 212. The zero-order valence-corrected chi connectivity index (χ0v) is 11.1. The molecule has 17 heavy (non-hydrogen) atoms. The first-order valence-corrected chi connectivity index (χ1v) is 7.10. The Morgan fingerprint density at radius 3 is 2.71 bits per heavy atom. The lowest BCUT2D eigenvalue weighted by molar-refractivity contribution is -0.122. The van der Waals surface area contributed by atoms with Gasteiger partial charge < -0.3 is 10.4 Å². The molecule has 1 atom stereocenters. The topological polar surface area (TPSA) is 49.3 Å². The summed E-state index contributed by atoms with van der Waals surface area (Å²) in [5, 5.41) is 11.9. The van der Waals surface area contributed by atoms with Crippen molar-refractivity contribution in [2.24, 2.45) is 11.8 Å². The monoisotopic (exact) mass is 241 g/mol. The molecule has 0 heterocycles. The van der Waals surface area contributed by atoms with Gasteiger partial charge in [0.2, 0.25) is 5.91 Å². The highest BCUT2D eigenvalue weighted by molar-refractivity contribution is 5.76. The number of nitrogens with one attached hydrogen (secondary N) is 1. The van der Waals surface area contributed by atoms with Crippen LogP contribution in [0.3, 0.4) is 0 Å². The van der Waals surface area contributed by atoms with Crippen LogP contribution in [0.25, 0.3) is 0 Å². The molecule has 0 aromatic rings. The number of carbonyl (C=O) groups excluding carboxylic acids is 1. The predicted octanol–water partition coefficient (Wildman–Crippen LogP) is 2.48. The quantitative estimate of drug-likeness (QED) is 0.673. The lowest BCUT2D eigenvalue weighted by Gasteiger charge is -2.20. The summed E-state index contributed by atoms with van der Waals surface area (Å²) >= 11 is 0. The van der Waals surface area contributed by atoms with E-state index in [1.807, 2.05) is 6.92 Å². The van der Waals surface area contributed by atoms with Gasteiger partial charge in [-0.3, -0.25) is 4.79 Å². The van der Waals surface area contributed by atoms with Crippen molar-refractivity contribution in [3.05, 3.63) is 0 Å². The van der Waals surface area contributed by atoms with Crippen LogP contribution in [0.1, 0.15) is 58.3 Å². The fourth-order valence-electron chi connectivity index (χ4n) is 2.50. The standard InChI is InChI=1S/C14H27NO2/c1-12(11-16)6-5-9-15-14(17)10-13-7-3-2-4-8-13/h12-13,16H,2-11H2,1H3,(H,15,17). The molecule has 1 aliphatic carbocycles. The van der Waals surface area contributed by atoms with E-state index in [0.717, 1.165) is 25.8 Å². The Labute approximate surface area is 105 Å². The van der Waals surface area contributed by atoms with Gasteiger partial charge >= 0.3 is 0 Å². The number of carbonyl (C=O) groups is 1. The van der Waals surface area contributed by atoms with Crippen LogP contribution in [0.15, 0.2) is 0 Å². The highest BCUT2D eigenvalue weighted by Gasteiger charge is 2.16. The third-order valence-corrected chi connectivity index (χ3v) is 3.71. The van der Waals surface area contributed by atoms with E-state index in [0.29, 0.717) is 11.8 Å². The minimum absolute atomic E-state index is 0.216. The van der Waals surface area contributed by atoms with Gasteiger partial charge in [-0.15, -0.1) is 0 Å². The van der Waals surface area contributed by atoms with Crippen LogP contribution in [0.4, 0.5) is 0 Å². The Kier molecular flexibility index (Phi) is 7.25. The molecule has 1 unspecified atom stereocenters. The number of hydrogen-bond acceptors (Lipinski definition) is 2. The van der Waals surface area contributed by atoms with Gasteiger partial charge in [0, 0.05) is 19.6 Å². The van der Waals surface area contributed by atoms with E-state index in [9.17, 15) is 4.79 Å². The van der Waals surface area contributed by atoms with Crippen molar-refractivity contribution in [3.63, 3.8) is 0 Å². The van der Waals surface area contributed by atoms with Gasteiger partial charge in [0.15, 0.2) is 0 Å². The fourth-order valence-corrected chi connectivity index (χ4v) is 2.50. The van der Waals surface area contributed by atoms with Crippen LogP contribution in [-0.4, -0.2) is 24.2 Å². The summed E-state index contributed by atoms with van der Waals surface area (Å²) < 4.78 is 0. The van der Waals surface area contributed by atoms with E-state index < -0.39 is 0 Å². The van der Waals surface area contributed by atoms with Crippen molar-refractivity contribution < 1.29 is 9.90 Å². The van der Waals surface area contributed by atoms with Crippen LogP contribution in [-0.2, 0) is 4.79 Å². The fraction of sp³-hybridized carbons (Fsp3) is 0.929. The van der Waals surface area contributed by atoms with E-state index in [4.69, 9.17) is 5.11 Å². The van der Waals surface area contributed by atoms with Gasteiger partial charge in [-0.2, -0.15) is 0 Å². The summed E-state index contributed by atoms with van der Waals surface area (Å²) in [4.78, 5) is 11.7. The van der Waals surface area contributed by atoms with Crippen LogP contribution >= 0.6 is 0 Å². The molecule has 0 saturated heterocycles. The molecule has 1 saturated carbocycles. The molecule has 0 aliphatic heterocycles. The molecule has 2 N–H and O–H groups in total. The first-order valence-electron chi connectivity index (χ1n) is 7.10. The Morgan fingerprint density at radius 2 is 2.06 bits per heavy atom. The summed E-state index contributed by atoms with van der Waals surface area (Å²) in [6, 6.07) is 0. The van der Waals surface area contributed by atoms with Gasteiger partial charge in [-0.05, 0) is 37.5 Å². The molecule has 1 amide bonds. The van der Waals surface area contributed by atoms with Crippen LogP contribution in [0.5, 0.6) is 0 Å². The Balaban J connectivity index is 2.00. The van der Waals surface area contributed by atoms with E-state index in [1.54, 1.807) is 0 Å².